The second kappa shape index (κ2) is 3.20. The van der Waals surface area contributed by atoms with E-state index in [0.717, 1.165) is 19.4 Å². The molecule has 0 aromatic carbocycles. The number of rotatable bonds is 0. The van der Waals surface area contributed by atoms with E-state index in [-0.39, 0.29) is 11.5 Å². The van der Waals surface area contributed by atoms with E-state index >= 15 is 0 Å². The lowest BCUT2D eigenvalue weighted by Gasteiger charge is -2.34. The molecule has 14 heavy (non-hydrogen) atoms. The molecule has 0 saturated heterocycles. The molecule has 2 nitrogen and oxygen atoms in total. The van der Waals surface area contributed by atoms with Crippen molar-refractivity contribution in [3.05, 3.63) is 11.3 Å². The van der Waals surface area contributed by atoms with Gasteiger partial charge in [-0.3, -0.25) is 4.99 Å². The Balaban J connectivity index is 2.31. The van der Waals surface area contributed by atoms with E-state index in [0.29, 0.717) is 0 Å². The highest BCUT2D eigenvalue weighted by atomic mass is 16.5. The summed E-state index contributed by atoms with van der Waals surface area (Å²) in [7, 11) is 0. The molecule has 78 valence electrons. The van der Waals surface area contributed by atoms with Gasteiger partial charge in [0.15, 0.2) is 0 Å². The summed E-state index contributed by atoms with van der Waals surface area (Å²) in [5.74, 6) is 0. The minimum absolute atomic E-state index is 0.162. The third-order valence-electron chi connectivity index (χ3n) is 2.87. The van der Waals surface area contributed by atoms with Gasteiger partial charge in [-0.1, -0.05) is 20.8 Å². The molecule has 2 rings (SSSR count). The Hall–Kier alpha value is -0.630. The third kappa shape index (κ3) is 1.63. The van der Waals surface area contributed by atoms with Gasteiger partial charge in [0.25, 0.3) is 0 Å². The molecule has 0 saturated carbocycles. The Bertz CT molecular complexity index is 307. The Morgan fingerprint density at radius 1 is 1.36 bits per heavy atom. The van der Waals surface area contributed by atoms with Gasteiger partial charge in [0.2, 0.25) is 0 Å². The summed E-state index contributed by atoms with van der Waals surface area (Å²) in [6.07, 6.45) is 2.34. The van der Waals surface area contributed by atoms with Crippen molar-refractivity contribution in [3.8, 4) is 0 Å². The molecule has 2 heterocycles. The van der Waals surface area contributed by atoms with Crippen molar-refractivity contribution in [2.24, 2.45) is 10.4 Å². The molecule has 0 radical (unpaired) electrons. The standard InChI is InChI=1S/C12H19NO/c1-8-7-9-5-6-14-11(10(9)13-8)12(2,3)4/h11H,5-7H2,1-4H3. The van der Waals surface area contributed by atoms with Crippen LogP contribution in [0.4, 0.5) is 0 Å². The Morgan fingerprint density at radius 2 is 2.07 bits per heavy atom. The topological polar surface area (TPSA) is 21.6 Å². The molecule has 0 aromatic heterocycles. The molecule has 0 N–H and O–H groups in total. The van der Waals surface area contributed by atoms with Crippen molar-refractivity contribution >= 4 is 5.71 Å². The number of hydrogen-bond acceptors (Lipinski definition) is 2. The van der Waals surface area contributed by atoms with Gasteiger partial charge in [0.1, 0.15) is 6.10 Å². The molecular weight excluding hydrogens is 174 g/mol. The fraction of sp³-hybridized carbons (Fsp3) is 0.750. The number of nitrogens with zero attached hydrogens (tertiary/aromatic N) is 1. The van der Waals surface area contributed by atoms with Crippen LogP contribution in [-0.4, -0.2) is 18.4 Å². The molecule has 2 heteroatoms. The lowest BCUT2D eigenvalue weighted by Crippen LogP contribution is -2.33. The minimum Gasteiger partial charge on any atom is -0.371 e. The molecule has 2 aliphatic rings. The quantitative estimate of drug-likeness (QED) is 0.579. The zero-order valence-corrected chi connectivity index (χ0v) is 9.55. The van der Waals surface area contributed by atoms with Crippen LogP contribution in [-0.2, 0) is 4.74 Å². The molecule has 1 unspecified atom stereocenters. The van der Waals surface area contributed by atoms with Gasteiger partial charge >= 0.3 is 0 Å². The van der Waals surface area contributed by atoms with Crippen LogP contribution in [0.15, 0.2) is 16.3 Å². The summed E-state index contributed by atoms with van der Waals surface area (Å²) in [6.45, 7) is 9.63. The average Bonchev–Trinajstić information content (AvgIpc) is 2.41. The van der Waals surface area contributed by atoms with Crippen LogP contribution in [0, 0.1) is 5.41 Å². The Morgan fingerprint density at radius 3 is 2.71 bits per heavy atom. The van der Waals surface area contributed by atoms with Crippen molar-refractivity contribution in [2.45, 2.75) is 46.6 Å². The first kappa shape index (κ1) is 9.91. The van der Waals surface area contributed by atoms with E-state index in [9.17, 15) is 0 Å². The molecule has 2 aliphatic heterocycles. The SMILES string of the molecule is CC1=NC2=C(CCOC2C(C)(C)C)C1. The highest BCUT2D eigenvalue weighted by Gasteiger charge is 2.35. The van der Waals surface area contributed by atoms with Crippen molar-refractivity contribution in [1.82, 2.24) is 0 Å². The minimum atomic E-state index is 0.162. The predicted octanol–water partition coefficient (Wildman–Crippen LogP) is 2.94. The summed E-state index contributed by atoms with van der Waals surface area (Å²) < 4.78 is 5.84. The first-order chi connectivity index (χ1) is 6.48. The van der Waals surface area contributed by atoms with Gasteiger partial charge < -0.3 is 4.74 Å². The van der Waals surface area contributed by atoms with Crippen LogP contribution >= 0.6 is 0 Å². The molecule has 0 aliphatic carbocycles. The van der Waals surface area contributed by atoms with E-state index in [1.165, 1.54) is 17.0 Å². The fourth-order valence-corrected chi connectivity index (χ4v) is 2.22. The zero-order chi connectivity index (χ0) is 10.3. The maximum Gasteiger partial charge on any atom is 0.104 e. The molecule has 1 atom stereocenters. The van der Waals surface area contributed by atoms with Crippen molar-refractivity contribution in [3.63, 3.8) is 0 Å². The van der Waals surface area contributed by atoms with Crippen LogP contribution in [0.5, 0.6) is 0 Å². The maximum atomic E-state index is 5.84. The summed E-state index contributed by atoms with van der Waals surface area (Å²) >= 11 is 0. The van der Waals surface area contributed by atoms with Crippen molar-refractivity contribution in [2.75, 3.05) is 6.61 Å². The molecule has 0 amide bonds. The van der Waals surface area contributed by atoms with Gasteiger partial charge in [0.05, 0.1) is 12.3 Å². The van der Waals surface area contributed by atoms with Gasteiger partial charge in [-0.25, -0.2) is 0 Å². The molecule has 0 aromatic rings. The first-order valence-corrected chi connectivity index (χ1v) is 5.36. The molecule has 0 bridgehead atoms. The number of hydrogen-bond donors (Lipinski definition) is 0. The number of ether oxygens (including phenoxy) is 1. The van der Waals surface area contributed by atoms with Crippen LogP contribution in [0.3, 0.4) is 0 Å². The van der Waals surface area contributed by atoms with Crippen molar-refractivity contribution in [1.29, 1.82) is 0 Å². The van der Waals surface area contributed by atoms with Crippen LogP contribution < -0.4 is 0 Å². The molecule has 0 spiro atoms. The van der Waals surface area contributed by atoms with Gasteiger partial charge in [-0.2, -0.15) is 0 Å². The smallest absolute Gasteiger partial charge is 0.104 e. The van der Waals surface area contributed by atoms with Crippen LogP contribution in [0.1, 0.15) is 40.5 Å². The highest BCUT2D eigenvalue weighted by molar-refractivity contribution is 5.88. The predicted molar refractivity (Wildman–Crippen MR) is 58.6 cm³/mol. The third-order valence-corrected chi connectivity index (χ3v) is 2.87. The second-order valence-electron chi connectivity index (χ2n) is 5.38. The van der Waals surface area contributed by atoms with Crippen LogP contribution in [0.2, 0.25) is 0 Å². The zero-order valence-electron chi connectivity index (χ0n) is 9.55. The monoisotopic (exact) mass is 193 g/mol. The second-order valence-corrected chi connectivity index (χ2v) is 5.38. The van der Waals surface area contributed by atoms with Crippen molar-refractivity contribution < 1.29 is 4.74 Å². The van der Waals surface area contributed by atoms with E-state index < -0.39 is 0 Å². The van der Waals surface area contributed by atoms with E-state index in [1.54, 1.807) is 0 Å². The maximum absolute atomic E-state index is 5.84. The molecule has 0 fully saturated rings. The van der Waals surface area contributed by atoms with Crippen LogP contribution in [0.25, 0.3) is 0 Å². The van der Waals surface area contributed by atoms with E-state index in [4.69, 9.17) is 4.74 Å². The lowest BCUT2D eigenvalue weighted by atomic mass is 9.84. The summed E-state index contributed by atoms with van der Waals surface area (Å²) in [5.41, 5.74) is 4.14. The first-order valence-electron chi connectivity index (χ1n) is 5.36. The Kier molecular flexibility index (Phi) is 2.26. The van der Waals surface area contributed by atoms with Gasteiger partial charge in [0, 0.05) is 12.1 Å². The highest BCUT2D eigenvalue weighted by Crippen LogP contribution is 2.38. The summed E-state index contributed by atoms with van der Waals surface area (Å²) in [4.78, 5) is 4.63. The molecular formula is C12H19NO. The average molecular weight is 193 g/mol. The Labute approximate surface area is 86.1 Å². The van der Waals surface area contributed by atoms with E-state index in [2.05, 4.69) is 32.7 Å². The van der Waals surface area contributed by atoms with Gasteiger partial charge in [-0.15, -0.1) is 0 Å². The normalized spacial score (nSPS) is 27.7. The lowest BCUT2D eigenvalue weighted by molar-refractivity contribution is -0.00156. The largest absolute Gasteiger partial charge is 0.371 e. The van der Waals surface area contributed by atoms with E-state index in [1.807, 2.05) is 0 Å². The van der Waals surface area contributed by atoms with Gasteiger partial charge in [-0.05, 0) is 24.3 Å². The summed E-state index contributed by atoms with van der Waals surface area (Å²) in [5, 5.41) is 0. The fourth-order valence-electron chi connectivity index (χ4n) is 2.22. The summed E-state index contributed by atoms with van der Waals surface area (Å²) in [6, 6.07) is 0. The number of aliphatic imine (C=N–C) groups is 1.